The van der Waals surface area contributed by atoms with Crippen LogP contribution in [-0.4, -0.2) is 85.6 Å². The van der Waals surface area contributed by atoms with E-state index in [4.69, 9.17) is 9.47 Å². The Hall–Kier alpha value is -1.76. The summed E-state index contributed by atoms with van der Waals surface area (Å²) in [4.78, 5) is 3.93. The quantitative estimate of drug-likeness (QED) is 0.652. The largest absolute Gasteiger partial charge is 0.454 e. The number of halogens is 6. The number of aliphatic hydroxyl groups excluding tert-OH is 1. The van der Waals surface area contributed by atoms with Crippen LogP contribution in [-0.2, 0) is 11.3 Å². The van der Waals surface area contributed by atoms with Crippen molar-refractivity contribution >= 4 is 0 Å². The molecule has 1 aromatic rings. The van der Waals surface area contributed by atoms with E-state index in [9.17, 15) is 31.4 Å². The fraction of sp³-hybridized carbons (Fsp3) is 0.667. The smallest absolute Gasteiger partial charge is 0.423 e. The molecular formula is C18H22F6N2O4. The van der Waals surface area contributed by atoms with Gasteiger partial charge in [0.05, 0.1) is 12.7 Å². The van der Waals surface area contributed by atoms with Crippen molar-refractivity contribution in [1.29, 1.82) is 0 Å². The first-order valence-corrected chi connectivity index (χ1v) is 9.28. The highest BCUT2D eigenvalue weighted by atomic mass is 19.4. The van der Waals surface area contributed by atoms with E-state index in [1.165, 1.54) is 0 Å². The molecule has 6 nitrogen and oxygen atoms in total. The van der Waals surface area contributed by atoms with Gasteiger partial charge in [-0.2, -0.15) is 26.3 Å². The number of ether oxygens (including phenoxy) is 3. The molecule has 1 saturated heterocycles. The van der Waals surface area contributed by atoms with Gasteiger partial charge in [-0.1, -0.05) is 6.07 Å². The molecule has 1 aromatic carbocycles. The van der Waals surface area contributed by atoms with Crippen LogP contribution >= 0.6 is 0 Å². The minimum Gasteiger partial charge on any atom is -0.454 e. The molecule has 2 heterocycles. The van der Waals surface area contributed by atoms with Crippen molar-refractivity contribution in [2.24, 2.45) is 0 Å². The van der Waals surface area contributed by atoms with Crippen LogP contribution in [0.25, 0.3) is 0 Å². The number of rotatable bonds is 7. The maximum absolute atomic E-state index is 12.5. The van der Waals surface area contributed by atoms with Gasteiger partial charge in [-0.25, -0.2) is 0 Å². The number of alkyl halides is 6. The van der Waals surface area contributed by atoms with Crippen LogP contribution in [0, 0.1) is 0 Å². The monoisotopic (exact) mass is 444 g/mol. The predicted octanol–water partition coefficient (Wildman–Crippen LogP) is 2.40. The number of piperazine rings is 1. The van der Waals surface area contributed by atoms with Crippen LogP contribution in [0.4, 0.5) is 26.3 Å². The number of benzene rings is 1. The molecule has 0 radical (unpaired) electrons. The molecule has 2 aliphatic rings. The van der Waals surface area contributed by atoms with E-state index in [1.54, 1.807) is 4.90 Å². The summed E-state index contributed by atoms with van der Waals surface area (Å²) >= 11 is 0. The zero-order valence-corrected chi connectivity index (χ0v) is 15.9. The van der Waals surface area contributed by atoms with Crippen molar-refractivity contribution in [2.45, 2.75) is 31.1 Å². The molecule has 2 aliphatic heterocycles. The van der Waals surface area contributed by atoms with Gasteiger partial charge in [0.2, 0.25) is 12.9 Å². The average molecular weight is 444 g/mol. The van der Waals surface area contributed by atoms with Crippen LogP contribution < -0.4 is 9.47 Å². The molecule has 1 fully saturated rings. The summed E-state index contributed by atoms with van der Waals surface area (Å²) in [5.41, 5.74) is 1.03. The molecule has 1 N–H and O–H groups in total. The van der Waals surface area contributed by atoms with E-state index >= 15 is 0 Å². The SMILES string of the molecule is OC(COC(C(F)(F)F)C(F)(F)F)CN1CCN(Cc2ccc3c(c2)OCO3)CC1. The molecule has 0 bridgehead atoms. The van der Waals surface area contributed by atoms with Gasteiger partial charge in [0, 0.05) is 39.3 Å². The Morgan fingerprint density at radius 1 is 0.933 bits per heavy atom. The molecule has 1 atom stereocenters. The average Bonchev–Trinajstić information content (AvgIpc) is 3.09. The van der Waals surface area contributed by atoms with Gasteiger partial charge < -0.3 is 19.3 Å². The first-order chi connectivity index (χ1) is 14.0. The minimum absolute atomic E-state index is 0.0691. The van der Waals surface area contributed by atoms with Gasteiger partial charge in [0.25, 0.3) is 0 Å². The summed E-state index contributed by atoms with van der Waals surface area (Å²) < 4.78 is 89.3. The van der Waals surface area contributed by atoms with Crippen molar-refractivity contribution in [2.75, 3.05) is 46.1 Å². The van der Waals surface area contributed by atoms with Gasteiger partial charge in [-0.3, -0.25) is 9.80 Å². The van der Waals surface area contributed by atoms with E-state index in [1.807, 2.05) is 18.2 Å². The van der Waals surface area contributed by atoms with Gasteiger partial charge in [-0.05, 0) is 17.7 Å². The Balaban J connectivity index is 1.41. The standard InChI is InChI=1S/C18H22F6N2O4/c19-17(20,21)16(18(22,23)24)28-10-13(27)9-26-5-3-25(4-6-26)8-12-1-2-14-15(7-12)30-11-29-14/h1-2,7,13,16,27H,3-6,8-11H2. The van der Waals surface area contributed by atoms with E-state index in [2.05, 4.69) is 9.64 Å². The van der Waals surface area contributed by atoms with Crippen molar-refractivity contribution in [1.82, 2.24) is 9.80 Å². The van der Waals surface area contributed by atoms with Gasteiger partial charge in [0.1, 0.15) is 0 Å². The number of hydrogen-bond donors (Lipinski definition) is 1. The highest BCUT2D eigenvalue weighted by Crippen LogP contribution is 2.36. The maximum Gasteiger partial charge on any atom is 0.423 e. The summed E-state index contributed by atoms with van der Waals surface area (Å²) in [5, 5.41) is 9.83. The molecule has 0 amide bonds. The van der Waals surface area contributed by atoms with Crippen LogP contribution in [0.3, 0.4) is 0 Å². The Labute approximate surface area is 168 Å². The lowest BCUT2D eigenvalue weighted by molar-refractivity contribution is -0.324. The first kappa shape index (κ1) is 22.9. The van der Waals surface area contributed by atoms with Gasteiger partial charge >= 0.3 is 12.4 Å². The number of nitrogens with zero attached hydrogens (tertiary/aromatic N) is 2. The lowest BCUT2D eigenvalue weighted by atomic mass is 10.1. The van der Waals surface area contributed by atoms with E-state index in [0.717, 1.165) is 5.56 Å². The topological polar surface area (TPSA) is 54.4 Å². The molecule has 0 aromatic heterocycles. The number of aliphatic hydroxyl groups is 1. The summed E-state index contributed by atoms with van der Waals surface area (Å²) in [5.74, 6) is 1.38. The summed E-state index contributed by atoms with van der Waals surface area (Å²) in [6.07, 6.45) is -16.5. The van der Waals surface area contributed by atoms with Gasteiger partial charge in [-0.15, -0.1) is 0 Å². The highest BCUT2D eigenvalue weighted by Gasteiger charge is 2.58. The second kappa shape index (κ2) is 9.16. The fourth-order valence-corrected chi connectivity index (χ4v) is 3.36. The van der Waals surface area contributed by atoms with Crippen molar-refractivity contribution in [3.8, 4) is 11.5 Å². The van der Waals surface area contributed by atoms with E-state index < -0.39 is 31.2 Å². The first-order valence-electron chi connectivity index (χ1n) is 9.28. The van der Waals surface area contributed by atoms with Crippen molar-refractivity contribution < 1.29 is 45.7 Å². The molecule has 3 rings (SSSR count). The second-order valence-electron chi connectivity index (χ2n) is 7.21. The lowest BCUT2D eigenvalue weighted by Crippen LogP contribution is -2.50. The normalized spacial score (nSPS) is 19.5. The number of hydrogen-bond acceptors (Lipinski definition) is 6. The third kappa shape index (κ3) is 6.13. The van der Waals surface area contributed by atoms with E-state index in [-0.39, 0.29) is 13.3 Å². The molecule has 170 valence electrons. The zero-order valence-electron chi connectivity index (χ0n) is 15.9. The second-order valence-corrected chi connectivity index (χ2v) is 7.21. The Morgan fingerprint density at radius 2 is 1.53 bits per heavy atom. The van der Waals surface area contributed by atoms with Crippen LogP contribution in [0.2, 0.25) is 0 Å². The Bertz CT molecular complexity index is 693. The molecule has 0 spiro atoms. The number of fused-ring (bicyclic) bond motifs is 1. The Kier molecular flexibility index (Phi) is 7.00. The third-order valence-corrected chi connectivity index (χ3v) is 4.83. The highest BCUT2D eigenvalue weighted by molar-refractivity contribution is 5.44. The fourth-order valence-electron chi connectivity index (χ4n) is 3.36. The molecule has 0 aliphatic carbocycles. The molecule has 0 saturated carbocycles. The minimum atomic E-state index is -5.59. The summed E-state index contributed by atoms with van der Waals surface area (Å²) in [6, 6.07) is 5.66. The van der Waals surface area contributed by atoms with Gasteiger partial charge in [0.15, 0.2) is 11.5 Å². The molecule has 30 heavy (non-hydrogen) atoms. The Morgan fingerprint density at radius 3 is 2.17 bits per heavy atom. The molecule has 12 heteroatoms. The molecular weight excluding hydrogens is 422 g/mol. The van der Waals surface area contributed by atoms with E-state index in [0.29, 0.717) is 44.2 Å². The van der Waals surface area contributed by atoms with Crippen molar-refractivity contribution in [3.63, 3.8) is 0 Å². The van der Waals surface area contributed by atoms with Crippen LogP contribution in [0.5, 0.6) is 11.5 Å². The maximum atomic E-state index is 12.5. The summed E-state index contributed by atoms with van der Waals surface area (Å²) in [7, 11) is 0. The third-order valence-electron chi connectivity index (χ3n) is 4.83. The zero-order chi connectivity index (χ0) is 21.9. The summed E-state index contributed by atoms with van der Waals surface area (Å²) in [6.45, 7) is 2.03. The lowest BCUT2D eigenvalue weighted by Gasteiger charge is -2.35. The number of β-amino-alcohol motifs (C(OH)–C–C–N with tert-alkyl or cyclic N) is 1. The van der Waals surface area contributed by atoms with Crippen molar-refractivity contribution in [3.05, 3.63) is 23.8 Å². The predicted molar refractivity (Wildman–Crippen MR) is 92.1 cm³/mol. The van der Waals surface area contributed by atoms with Crippen LogP contribution in [0.1, 0.15) is 5.56 Å². The van der Waals surface area contributed by atoms with Crippen LogP contribution in [0.15, 0.2) is 18.2 Å². The molecule has 1 unspecified atom stereocenters.